The van der Waals surface area contributed by atoms with Crippen LogP contribution in [0, 0.1) is 25.5 Å². The molecular formula is C16H15F2N3S. The van der Waals surface area contributed by atoms with Gasteiger partial charge in [-0.15, -0.1) is 0 Å². The largest absolute Gasteiger partial charge is 0.331 e. The molecule has 0 radical (unpaired) electrons. The number of hydrazone groups is 1. The van der Waals surface area contributed by atoms with E-state index in [1.165, 1.54) is 12.3 Å². The van der Waals surface area contributed by atoms with Crippen LogP contribution in [0.4, 0.5) is 14.5 Å². The molecule has 2 rings (SSSR count). The molecule has 0 aliphatic heterocycles. The SMILES string of the molecule is Cc1cccc(C)c1NC(=S)NN=Cc1ccc(F)c(F)c1. The fourth-order valence-corrected chi connectivity index (χ4v) is 2.07. The molecule has 0 saturated carbocycles. The Balaban J connectivity index is 1.98. The van der Waals surface area contributed by atoms with Crippen LogP contribution in [0.1, 0.15) is 16.7 Å². The van der Waals surface area contributed by atoms with Crippen molar-refractivity contribution in [2.45, 2.75) is 13.8 Å². The van der Waals surface area contributed by atoms with Crippen molar-refractivity contribution in [3.63, 3.8) is 0 Å². The van der Waals surface area contributed by atoms with Crippen LogP contribution in [0.3, 0.4) is 0 Å². The summed E-state index contributed by atoms with van der Waals surface area (Å²) in [5, 5.41) is 7.27. The highest BCUT2D eigenvalue weighted by molar-refractivity contribution is 7.80. The molecule has 0 saturated heterocycles. The third-order valence-electron chi connectivity index (χ3n) is 3.04. The molecule has 114 valence electrons. The predicted octanol–water partition coefficient (Wildman–Crippen LogP) is 3.90. The summed E-state index contributed by atoms with van der Waals surface area (Å²) in [6.07, 6.45) is 1.36. The van der Waals surface area contributed by atoms with Gasteiger partial charge in [-0.05, 0) is 54.9 Å². The monoisotopic (exact) mass is 319 g/mol. The van der Waals surface area contributed by atoms with Crippen LogP contribution in [0.25, 0.3) is 0 Å². The second-order valence-electron chi connectivity index (χ2n) is 4.76. The van der Waals surface area contributed by atoms with Crippen LogP contribution in [-0.2, 0) is 0 Å². The van der Waals surface area contributed by atoms with Gasteiger partial charge in [0.15, 0.2) is 16.7 Å². The molecule has 0 unspecified atom stereocenters. The van der Waals surface area contributed by atoms with E-state index in [4.69, 9.17) is 12.2 Å². The Morgan fingerprint density at radius 1 is 1.09 bits per heavy atom. The van der Waals surface area contributed by atoms with E-state index in [-0.39, 0.29) is 0 Å². The van der Waals surface area contributed by atoms with E-state index in [0.29, 0.717) is 10.7 Å². The number of para-hydroxylation sites is 1. The number of aryl methyl sites for hydroxylation is 2. The second kappa shape index (κ2) is 7.09. The fraction of sp³-hybridized carbons (Fsp3) is 0.125. The minimum atomic E-state index is -0.916. The van der Waals surface area contributed by atoms with Crippen molar-refractivity contribution in [2.24, 2.45) is 5.10 Å². The summed E-state index contributed by atoms with van der Waals surface area (Å²) >= 11 is 5.15. The maximum Gasteiger partial charge on any atom is 0.191 e. The highest BCUT2D eigenvalue weighted by Gasteiger charge is 2.03. The molecular weight excluding hydrogens is 304 g/mol. The molecule has 0 fully saturated rings. The number of benzene rings is 2. The number of hydrogen-bond donors (Lipinski definition) is 2. The number of nitrogens with one attached hydrogen (secondary N) is 2. The van der Waals surface area contributed by atoms with Crippen molar-refractivity contribution in [1.82, 2.24) is 5.43 Å². The van der Waals surface area contributed by atoms with Gasteiger partial charge in [-0.1, -0.05) is 24.3 Å². The number of nitrogens with zero attached hydrogens (tertiary/aromatic N) is 1. The summed E-state index contributed by atoms with van der Waals surface area (Å²) in [6, 6.07) is 9.44. The summed E-state index contributed by atoms with van der Waals surface area (Å²) in [5.74, 6) is -1.81. The Morgan fingerprint density at radius 3 is 2.41 bits per heavy atom. The molecule has 0 amide bonds. The Hall–Kier alpha value is -2.34. The molecule has 3 nitrogen and oxygen atoms in total. The van der Waals surface area contributed by atoms with E-state index in [2.05, 4.69) is 15.8 Å². The predicted molar refractivity (Wildman–Crippen MR) is 89.2 cm³/mol. The average Bonchev–Trinajstić information content (AvgIpc) is 2.47. The van der Waals surface area contributed by atoms with E-state index in [9.17, 15) is 8.78 Å². The molecule has 0 heterocycles. The van der Waals surface area contributed by atoms with Gasteiger partial charge < -0.3 is 5.32 Å². The maximum absolute atomic E-state index is 13.0. The molecule has 2 N–H and O–H groups in total. The number of halogens is 2. The minimum absolute atomic E-state index is 0.316. The summed E-state index contributed by atoms with van der Waals surface area (Å²) in [4.78, 5) is 0. The summed E-state index contributed by atoms with van der Waals surface area (Å²) in [6.45, 7) is 3.95. The van der Waals surface area contributed by atoms with Crippen molar-refractivity contribution < 1.29 is 8.78 Å². The van der Waals surface area contributed by atoms with Crippen LogP contribution >= 0.6 is 12.2 Å². The van der Waals surface area contributed by atoms with Crippen molar-refractivity contribution in [3.05, 3.63) is 64.7 Å². The van der Waals surface area contributed by atoms with Gasteiger partial charge in [0, 0.05) is 5.69 Å². The molecule has 2 aromatic carbocycles. The molecule has 22 heavy (non-hydrogen) atoms. The first-order valence-corrected chi connectivity index (χ1v) is 6.99. The van der Waals surface area contributed by atoms with Crippen molar-refractivity contribution in [1.29, 1.82) is 0 Å². The van der Waals surface area contributed by atoms with Crippen LogP contribution in [-0.4, -0.2) is 11.3 Å². The van der Waals surface area contributed by atoms with Gasteiger partial charge in [-0.3, -0.25) is 5.43 Å². The first kappa shape index (κ1) is 16.0. The zero-order chi connectivity index (χ0) is 16.1. The third-order valence-corrected chi connectivity index (χ3v) is 3.24. The van der Waals surface area contributed by atoms with Gasteiger partial charge in [-0.2, -0.15) is 5.10 Å². The van der Waals surface area contributed by atoms with Crippen molar-refractivity contribution >= 4 is 29.2 Å². The van der Waals surface area contributed by atoms with E-state index in [1.54, 1.807) is 0 Å². The average molecular weight is 319 g/mol. The molecule has 0 aliphatic rings. The number of thiocarbonyl (C=S) groups is 1. The third kappa shape index (κ3) is 4.08. The topological polar surface area (TPSA) is 36.4 Å². The van der Waals surface area contributed by atoms with E-state index < -0.39 is 11.6 Å². The van der Waals surface area contributed by atoms with Gasteiger partial charge in [0.1, 0.15) is 0 Å². The zero-order valence-electron chi connectivity index (χ0n) is 12.2. The standard InChI is InChI=1S/C16H15F2N3S/c1-10-4-3-5-11(2)15(10)20-16(22)21-19-9-12-6-7-13(17)14(18)8-12/h3-9H,1-2H3,(H2,20,21,22). The van der Waals surface area contributed by atoms with Crippen LogP contribution in [0.15, 0.2) is 41.5 Å². The lowest BCUT2D eigenvalue weighted by molar-refractivity contribution is 0.508. The number of hydrogen-bond acceptors (Lipinski definition) is 2. The molecule has 0 bridgehead atoms. The normalized spacial score (nSPS) is 10.7. The molecule has 0 spiro atoms. The maximum atomic E-state index is 13.0. The summed E-state index contributed by atoms with van der Waals surface area (Å²) in [7, 11) is 0. The van der Waals surface area contributed by atoms with Gasteiger partial charge in [0.25, 0.3) is 0 Å². The molecule has 0 aliphatic carbocycles. The van der Waals surface area contributed by atoms with Gasteiger partial charge in [-0.25, -0.2) is 8.78 Å². The van der Waals surface area contributed by atoms with E-state index >= 15 is 0 Å². The highest BCUT2D eigenvalue weighted by Crippen LogP contribution is 2.19. The van der Waals surface area contributed by atoms with Gasteiger partial charge in [0.05, 0.1) is 6.21 Å². The summed E-state index contributed by atoms with van der Waals surface area (Å²) < 4.78 is 25.8. The van der Waals surface area contributed by atoms with Crippen molar-refractivity contribution in [3.8, 4) is 0 Å². The Kier molecular flexibility index (Phi) is 5.16. The number of anilines is 1. The van der Waals surface area contributed by atoms with E-state index in [0.717, 1.165) is 28.9 Å². The first-order chi connectivity index (χ1) is 10.5. The zero-order valence-corrected chi connectivity index (χ0v) is 13.0. The number of rotatable bonds is 3. The summed E-state index contributed by atoms with van der Waals surface area (Å²) in [5.41, 5.74) is 6.12. The minimum Gasteiger partial charge on any atom is -0.331 e. The Labute approximate surface area is 133 Å². The Morgan fingerprint density at radius 2 is 1.77 bits per heavy atom. The second-order valence-corrected chi connectivity index (χ2v) is 5.17. The van der Waals surface area contributed by atoms with Gasteiger partial charge in [0.2, 0.25) is 0 Å². The quantitative estimate of drug-likeness (QED) is 0.512. The lowest BCUT2D eigenvalue weighted by atomic mass is 10.1. The molecule has 6 heteroatoms. The smallest absolute Gasteiger partial charge is 0.191 e. The first-order valence-electron chi connectivity index (χ1n) is 6.58. The van der Waals surface area contributed by atoms with Crippen LogP contribution < -0.4 is 10.7 Å². The van der Waals surface area contributed by atoms with Crippen LogP contribution in [0.2, 0.25) is 0 Å². The van der Waals surface area contributed by atoms with Crippen molar-refractivity contribution in [2.75, 3.05) is 5.32 Å². The highest BCUT2D eigenvalue weighted by atomic mass is 32.1. The molecule has 0 atom stereocenters. The lowest BCUT2D eigenvalue weighted by Gasteiger charge is -2.12. The molecule has 0 aromatic heterocycles. The fourth-order valence-electron chi connectivity index (χ4n) is 1.91. The van der Waals surface area contributed by atoms with Crippen LogP contribution in [0.5, 0.6) is 0 Å². The van der Waals surface area contributed by atoms with E-state index in [1.807, 2.05) is 32.0 Å². The van der Waals surface area contributed by atoms with Gasteiger partial charge >= 0.3 is 0 Å². The lowest BCUT2D eigenvalue weighted by Crippen LogP contribution is -2.24. The molecule has 2 aromatic rings. The Bertz CT molecular complexity index is 709.